The molecule has 0 amide bonds. The van der Waals surface area contributed by atoms with Gasteiger partial charge >= 0.3 is 5.97 Å². The first-order valence-corrected chi connectivity index (χ1v) is 12.0. The van der Waals surface area contributed by atoms with Gasteiger partial charge in [0.05, 0.1) is 12.5 Å². The molecule has 1 heterocycles. The molecule has 3 aromatic carbocycles. The third-order valence-electron chi connectivity index (χ3n) is 5.86. The van der Waals surface area contributed by atoms with Crippen molar-refractivity contribution in [2.75, 3.05) is 6.61 Å². The number of rotatable bonds is 9. The lowest BCUT2D eigenvalue weighted by Crippen LogP contribution is -2.29. The lowest BCUT2D eigenvalue weighted by atomic mass is 9.83. The molecule has 0 fully saturated rings. The quantitative estimate of drug-likeness (QED) is 0.231. The lowest BCUT2D eigenvalue weighted by molar-refractivity contribution is -0.141. The molecule has 4 rings (SSSR count). The summed E-state index contributed by atoms with van der Waals surface area (Å²) in [5, 5.41) is 9.79. The van der Waals surface area contributed by atoms with Gasteiger partial charge in [-0.15, -0.1) is 0 Å². The molecule has 1 aliphatic rings. The molecule has 0 saturated carbocycles. The van der Waals surface area contributed by atoms with Gasteiger partial charge in [0.25, 0.3) is 0 Å². The number of hydrogen-bond acceptors (Lipinski definition) is 7. The second-order valence-corrected chi connectivity index (χ2v) is 8.51. The maximum atomic E-state index is 13.9. The predicted molar refractivity (Wildman–Crippen MR) is 135 cm³/mol. The Kier molecular flexibility index (Phi) is 7.94. The van der Waals surface area contributed by atoms with Gasteiger partial charge in [-0.2, -0.15) is 5.26 Å². The van der Waals surface area contributed by atoms with Crippen LogP contribution in [0.5, 0.6) is 23.0 Å². The van der Waals surface area contributed by atoms with Crippen LogP contribution in [-0.2, 0) is 4.79 Å². The molecule has 0 radical (unpaired) electrons. The smallest absolute Gasteiger partial charge is 0.352 e. The van der Waals surface area contributed by atoms with Gasteiger partial charge in [-0.25, -0.2) is 9.18 Å². The molecule has 0 bridgehead atoms. The molecule has 37 heavy (non-hydrogen) atoms. The molecule has 190 valence electrons. The number of para-hydroxylation sites is 1. The van der Waals surface area contributed by atoms with Crippen LogP contribution in [-0.4, -0.2) is 18.7 Å². The Balaban J connectivity index is 1.54. The molecule has 3 aromatic rings. The van der Waals surface area contributed by atoms with Crippen molar-refractivity contribution >= 4 is 5.97 Å². The van der Waals surface area contributed by atoms with E-state index in [-0.39, 0.29) is 23.0 Å². The fraction of sp³-hybridized carbons (Fsp3) is 0.241. The van der Waals surface area contributed by atoms with E-state index >= 15 is 0 Å². The number of nitriles is 1. The van der Waals surface area contributed by atoms with E-state index in [1.54, 1.807) is 18.2 Å². The van der Waals surface area contributed by atoms with Gasteiger partial charge in [-0.3, -0.25) is 0 Å². The Morgan fingerprint density at radius 2 is 1.86 bits per heavy atom. The Hall–Kier alpha value is -4.51. The molecule has 1 aliphatic heterocycles. The van der Waals surface area contributed by atoms with Crippen LogP contribution in [0.4, 0.5) is 4.39 Å². The van der Waals surface area contributed by atoms with E-state index in [4.69, 9.17) is 24.7 Å². The molecule has 0 saturated heterocycles. The molecular weight excluding hydrogens is 475 g/mol. The molecule has 8 heteroatoms. The van der Waals surface area contributed by atoms with Crippen LogP contribution in [0.25, 0.3) is 0 Å². The topological polar surface area (TPSA) is 104 Å². The highest BCUT2D eigenvalue weighted by Crippen LogP contribution is 2.43. The van der Waals surface area contributed by atoms with Crippen LogP contribution in [0.2, 0.25) is 0 Å². The summed E-state index contributed by atoms with van der Waals surface area (Å²) in [5.74, 6) is -0.533. The fourth-order valence-electron chi connectivity index (χ4n) is 3.91. The Morgan fingerprint density at radius 3 is 2.57 bits per heavy atom. The van der Waals surface area contributed by atoms with E-state index in [1.165, 1.54) is 31.2 Å². The Bertz CT molecular complexity index is 1350. The molecule has 0 aliphatic carbocycles. The normalized spacial score (nSPS) is 15.1. The number of ether oxygens (including phenoxy) is 4. The molecule has 0 spiro atoms. The first-order chi connectivity index (χ1) is 17.9. The van der Waals surface area contributed by atoms with Gasteiger partial charge in [-0.05, 0) is 49.2 Å². The summed E-state index contributed by atoms with van der Waals surface area (Å²) in [6, 6.07) is 20.3. The van der Waals surface area contributed by atoms with Crippen LogP contribution >= 0.6 is 0 Å². The molecule has 2 N–H and O–H groups in total. The van der Waals surface area contributed by atoms with Gasteiger partial charge in [0.2, 0.25) is 5.88 Å². The molecule has 7 nitrogen and oxygen atoms in total. The number of hydrogen-bond donors (Lipinski definition) is 1. The predicted octanol–water partition coefficient (Wildman–Crippen LogP) is 5.60. The monoisotopic (exact) mass is 502 g/mol. The van der Waals surface area contributed by atoms with Crippen LogP contribution in [0.1, 0.15) is 43.7 Å². The summed E-state index contributed by atoms with van der Waals surface area (Å²) in [5.41, 5.74) is 7.90. The minimum Gasteiger partial charge on any atom is -0.494 e. The summed E-state index contributed by atoms with van der Waals surface area (Å²) < 4.78 is 36.1. The Labute approximate surface area is 214 Å². The van der Waals surface area contributed by atoms with E-state index in [0.717, 1.165) is 24.2 Å². The average Bonchev–Trinajstić information content (AvgIpc) is 2.89. The van der Waals surface area contributed by atoms with Crippen molar-refractivity contribution in [1.29, 1.82) is 5.26 Å². The van der Waals surface area contributed by atoms with Crippen molar-refractivity contribution < 1.29 is 28.1 Å². The number of benzene rings is 3. The van der Waals surface area contributed by atoms with E-state index < -0.39 is 23.8 Å². The van der Waals surface area contributed by atoms with E-state index in [0.29, 0.717) is 17.9 Å². The van der Waals surface area contributed by atoms with Crippen molar-refractivity contribution in [2.45, 2.75) is 38.7 Å². The van der Waals surface area contributed by atoms with E-state index in [9.17, 15) is 14.4 Å². The Morgan fingerprint density at radius 1 is 1.14 bits per heavy atom. The van der Waals surface area contributed by atoms with Gasteiger partial charge in [0.1, 0.15) is 28.9 Å². The lowest BCUT2D eigenvalue weighted by Gasteiger charge is -2.27. The van der Waals surface area contributed by atoms with Gasteiger partial charge < -0.3 is 24.7 Å². The summed E-state index contributed by atoms with van der Waals surface area (Å²) in [7, 11) is 0. The summed E-state index contributed by atoms with van der Waals surface area (Å²) in [6.07, 6.45) is 0.949. The summed E-state index contributed by atoms with van der Waals surface area (Å²) in [6.45, 7) is 4.20. The number of halogens is 1. The SMILES string of the molecule is CCCCOc1ccc(C2C(C#N)=C(N)Oc3cc(OC(=O)C(C)Oc4ccccc4F)ccc32)cc1. The van der Waals surface area contributed by atoms with Gasteiger partial charge in [-0.1, -0.05) is 43.7 Å². The third-order valence-corrected chi connectivity index (χ3v) is 5.86. The zero-order valence-corrected chi connectivity index (χ0v) is 20.6. The van der Waals surface area contributed by atoms with Crippen LogP contribution in [0.3, 0.4) is 0 Å². The second kappa shape index (κ2) is 11.5. The molecule has 0 aromatic heterocycles. The van der Waals surface area contributed by atoms with Crippen molar-refractivity contribution in [3.8, 4) is 29.1 Å². The molecule has 2 unspecified atom stereocenters. The largest absolute Gasteiger partial charge is 0.494 e. The van der Waals surface area contributed by atoms with Crippen molar-refractivity contribution in [2.24, 2.45) is 5.73 Å². The van der Waals surface area contributed by atoms with Gasteiger partial charge in [0, 0.05) is 11.6 Å². The standard InChI is InChI=1S/C29H27FN2O5/c1-3-4-15-34-20-11-9-19(10-12-20)27-22-14-13-21(16-26(22)37-28(32)23(27)17-31)36-29(33)18(2)35-25-8-6-5-7-24(25)30/h5-14,16,18,27H,3-4,15,32H2,1-2H3. The highest BCUT2D eigenvalue weighted by Gasteiger charge is 2.31. The number of nitrogens with two attached hydrogens (primary N) is 1. The first-order valence-electron chi connectivity index (χ1n) is 12.0. The number of carbonyl (C=O) groups is 1. The maximum absolute atomic E-state index is 13.9. The average molecular weight is 503 g/mol. The first kappa shape index (κ1) is 25.6. The number of allylic oxidation sites excluding steroid dienone is 1. The number of esters is 1. The maximum Gasteiger partial charge on any atom is 0.352 e. The van der Waals surface area contributed by atoms with Crippen molar-refractivity contribution in [3.05, 3.63) is 95.1 Å². The second-order valence-electron chi connectivity index (χ2n) is 8.51. The van der Waals surface area contributed by atoms with Crippen molar-refractivity contribution in [1.82, 2.24) is 0 Å². The van der Waals surface area contributed by atoms with Crippen LogP contribution < -0.4 is 24.7 Å². The minimum absolute atomic E-state index is 0.0250. The zero-order chi connectivity index (χ0) is 26.4. The number of unbranched alkanes of at least 4 members (excludes halogenated alkanes) is 1. The van der Waals surface area contributed by atoms with Crippen LogP contribution in [0, 0.1) is 17.1 Å². The van der Waals surface area contributed by atoms with Crippen LogP contribution in [0.15, 0.2) is 78.2 Å². The highest BCUT2D eigenvalue weighted by molar-refractivity contribution is 5.77. The van der Waals surface area contributed by atoms with E-state index in [1.807, 2.05) is 24.3 Å². The fourth-order valence-corrected chi connectivity index (χ4v) is 3.91. The van der Waals surface area contributed by atoms with Crippen molar-refractivity contribution in [3.63, 3.8) is 0 Å². The zero-order valence-electron chi connectivity index (χ0n) is 20.6. The number of nitrogens with zero attached hydrogens (tertiary/aromatic N) is 1. The van der Waals surface area contributed by atoms with E-state index in [2.05, 4.69) is 13.0 Å². The third kappa shape index (κ3) is 5.84. The molecular formula is C29H27FN2O5. The number of carbonyl (C=O) groups excluding carboxylic acids is 1. The minimum atomic E-state index is -1.06. The highest BCUT2D eigenvalue weighted by atomic mass is 19.1. The molecule has 2 atom stereocenters. The summed E-state index contributed by atoms with van der Waals surface area (Å²) >= 11 is 0. The number of fused-ring (bicyclic) bond motifs is 1. The van der Waals surface area contributed by atoms with Gasteiger partial charge in [0.15, 0.2) is 17.7 Å². The summed E-state index contributed by atoms with van der Waals surface area (Å²) in [4.78, 5) is 12.6.